The lowest BCUT2D eigenvalue weighted by Gasteiger charge is -2.14. The first kappa shape index (κ1) is 20.9. The lowest BCUT2D eigenvalue weighted by Crippen LogP contribution is -2.23. The van der Waals surface area contributed by atoms with Crippen molar-refractivity contribution < 1.29 is 14.1 Å². The predicted molar refractivity (Wildman–Crippen MR) is 116 cm³/mol. The van der Waals surface area contributed by atoms with Crippen LogP contribution < -0.4 is 10.1 Å². The molecule has 0 bridgehead atoms. The molecule has 0 radical (unpaired) electrons. The average Bonchev–Trinajstić information content (AvgIpc) is 3.18. The molecule has 1 heterocycles. The summed E-state index contributed by atoms with van der Waals surface area (Å²) < 4.78 is 11.0. The first-order chi connectivity index (χ1) is 14.0. The van der Waals surface area contributed by atoms with Crippen molar-refractivity contribution in [3.05, 3.63) is 59.5 Å². The summed E-state index contributed by atoms with van der Waals surface area (Å²) in [4.78, 5) is 17.0. The van der Waals surface area contributed by atoms with Crippen molar-refractivity contribution in [1.82, 2.24) is 10.1 Å². The van der Waals surface area contributed by atoms with Crippen LogP contribution >= 0.6 is 11.8 Å². The van der Waals surface area contributed by atoms with Crippen molar-refractivity contribution >= 4 is 23.4 Å². The second kappa shape index (κ2) is 9.60. The van der Waals surface area contributed by atoms with Gasteiger partial charge in [0.2, 0.25) is 17.6 Å². The Bertz CT molecular complexity index is 967. The summed E-state index contributed by atoms with van der Waals surface area (Å²) in [6, 6.07) is 13.5. The van der Waals surface area contributed by atoms with Gasteiger partial charge in [0.05, 0.1) is 23.2 Å². The van der Waals surface area contributed by atoms with Gasteiger partial charge in [-0.3, -0.25) is 4.79 Å². The van der Waals surface area contributed by atoms with E-state index < -0.39 is 0 Å². The number of para-hydroxylation sites is 2. The molecular formula is C22H25N3O3S. The Hall–Kier alpha value is -2.80. The lowest BCUT2D eigenvalue weighted by molar-refractivity contribution is -0.115. The van der Waals surface area contributed by atoms with Gasteiger partial charge in [0.15, 0.2) is 0 Å². The standard InChI is InChI=1S/C22H25N3O3S/c1-5-27-18-12-7-6-11-17(18)21-23-19(28-25-21)13-29-16(4)22(26)24-20-14(2)9-8-10-15(20)3/h6-12,16H,5,13H2,1-4H3,(H,24,26)/t16-/m1/s1. The van der Waals surface area contributed by atoms with Crippen molar-refractivity contribution in [2.75, 3.05) is 11.9 Å². The summed E-state index contributed by atoms with van der Waals surface area (Å²) in [5, 5.41) is 6.82. The highest BCUT2D eigenvalue weighted by molar-refractivity contribution is 7.99. The highest BCUT2D eigenvalue weighted by atomic mass is 32.2. The summed E-state index contributed by atoms with van der Waals surface area (Å²) in [5.41, 5.74) is 3.75. The second-order valence-electron chi connectivity index (χ2n) is 6.65. The highest BCUT2D eigenvalue weighted by Crippen LogP contribution is 2.29. The number of nitrogens with zero attached hydrogens (tertiary/aromatic N) is 2. The number of aromatic nitrogens is 2. The van der Waals surface area contributed by atoms with E-state index in [1.807, 2.05) is 70.2 Å². The fraction of sp³-hybridized carbons (Fsp3) is 0.318. The zero-order valence-corrected chi connectivity index (χ0v) is 17.9. The number of rotatable bonds is 8. The molecule has 0 saturated heterocycles. The number of nitrogens with one attached hydrogen (secondary N) is 1. The molecule has 2 aromatic carbocycles. The van der Waals surface area contributed by atoms with E-state index in [1.165, 1.54) is 11.8 Å². The molecule has 3 rings (SSSR count). The van der Waals surface area contributed by atoms with E-state index in [0.717, 1.165) is 28.1 Å². The number of anilines is 1. The summed E-state index contributed by atoms with van der Waals surface area (Å²) in [5.74, 6) is 2.08. The van der Waals surface area contributed by atoms with Crippen LogP contribution in [0.25, 0.3) is 11.4 Å². The first-order valence-corrected chi connectivity index (χ1v) is 10.6. The number of hydrogen-bond donors (Lipinski definition) is 1. The number of benzene rings is 2. The van der Waals surface area contributed by atoms with E-state index in [-0.39, 0.29) is 11.2 Å². The number of carbonyl (C=O) groups is 1. The maximum Gasteiger partial charge on any atom is 0.237 e. The molecule has 0 unspecified atom stereocenters. The van der Waals surface area contributed by atoms with E-state index in [1.54, 1.807) is 0 Å². The second-order valence-corrected chi connectivity index (χ2v) is 7.98. The van der Waals surface area contributed by atoms with Gasteiger partial charge in [0.25, 0.3) is 0 Å². The zero-order chi connectivity index (χ0) is 20.8. The van der Waals surface area contributed by atoms with Crippen LogP contribution in [0.1, 0.15) is 30.9 Å². The number of carbonyl (C=O) groups excluding carboxylic acids is 1. The topological polar surface area (TPSA) is 77.2 Å². The fourth-order valence-corrected chi connectivity index (χ4v) is 3.58. The van der Waals surface area contributed by atoms with Crippen LogP contribution in [0.15, 0.2) is 47.0 Å². The Morgan fingerprint density at radius 2 is 1.90 bits per heavy atom. The Morgan fingerprint density at radius 1 is 1.17 bits per heavy atom. The minimum atomic E-state index is -0.264. The quantitative estimate of drug-likeness (QED) is 0.561. The molecule has 1 N–H and O–H groups in total. The highest BCUT2D eigenvalue weighted by Gasteiger charge is 2.18. The minimum Gasteiger partial charge on any atom is -0.493 e. The van der Waals surface area contributed by atoms with Crippen LogP contribution in [-0.2, 0) is 10.5 Å². The van der Waals surface area contributed by atoms with Crippen LogP contribution in [0.4, 0.5) is 5.69 Å². The monoisotopic (exact) mass is 411 g/mol. The molecule has 6 nitrogen and oxygen atoms in total. The van der Waals surface area contributed by atoms with E-state index in [2.05, 4.69) is 15.5 Å². The van der Waals surface area contributed by atoms with Crippen LogP contribution in [-0.4, -0.2) is 27.9 Å². The first-order valence-electron chi connectivity index (χ1n) is 9.53. The maximum atomic E-state index is 12.6. The number of amides is 1. The van der Waals surface area contributed by atoms with Crippen molar-refractivity contribution in [2.24, 2.45) is 0 Å². The summed E-state index contributed by atoms with van der Waals surface area (Å²) >= 11 is 1.45. The molecule has 1 aromatic heterocycles. The van der Waals surface area contributed by atoms with Crippen molar-refractivity contribution in [3.63, 3.8) is 0 Å². The molecule has 1 atom stereocenters. The molecule has 29 heavy (non-hydrogen) atoms. The van der Waals surface area contributed by atoms with E-state index in [4.69, 9.17) is 9.26 Å². The molecule has 0 saturated carbocycles. The lowest BCUT2D eigenvalue weighted by atomic mass is 10.1. The van der Waals surface area contributed by atoms with Gasteiger partial charge in [-0.15, -0.1) is 11.8 Å². The van der Waals surface area contributed by atoms with E-state index in [0.29, 0.717) is 24.1 Å². The maximum absolute atomic E-state index is 12.6. The molecule has 0 fully saturated rings. The number of hydrogen-bond acceptors (Lipinski definition) is 6. The number of aryl methyl sites for hydroxylation is 2. The fourth-order valence-electron chi connectivity index (χ4n) is 2.86. The molecule has 0 aliphatic heterocycles. The SMILES string of the molecule is CCOc1ccccc1-c1noc(CS[C@H](C)C(=O)Nc2c(C)cccc2C)n1. The Kier molecular flexibility index (Phi) is 6.93. The van der Waals surface area contributed by atoms with E-state index in [9.17, 15) is 4.79 Å². The van der Waals surface area contributed by atoms with Gasteiger partial charge in [-0.2, -0.15) is 4.98 Å². The molecule has 1 amide bonds. The molecular weight excluding hydrogens is 386 g/mol. The van der Waals surface area contributed by atoms with Crippen molar-refractivity contribution in [2.45, 2.75) is 38.7 Å². The summed E-state index contributed by atoms with van der Waals surface area (Å²) in [7, 11) is 0. The van der Waals surface area contributed by atoms with Gasteiger partial charge in [0.1, 0.15) is 5.75 Å². The predicted octanol–water partition coefficient (Wildman–Crippen LogP) is 5.01. The Balaban J connectivity index is 1.61. The summed E-state index contributed by atoms with van der Waals surface area (Å²) in [6.45, 7) is 8.33. The van der Waals surface area contributed by atoms with Crippen molar-refractivity contribution in [1.29, 1.82) is 0 Å². The third-order valence-electron chi connectivity index (χ3n) is 4.45. The van der Waals surface area contributed by atoms with Gasteiger partial charge in [-0.25, -0.2) is 0 Å². The van der Waals surface area contributed by atoms with Crippen LogP contribution in [0.2, 0.25) is 0 Å². The third-order valence-corrected chi connectivity index (χ3v) is 5.58. The molecule has 0 aliphatic carbocycles. The largest absolute Gasteiger partial charge is 0.493 e. The molecule has 0 aliphatic rings. The molecule has 152 valence electrons. The van der Waals surface area contributed by atoms with Crippen LogP contribution in [0.3, 0.4) is 0 Å². The Labute approximate surface area is 175 Å². The minimum absolute atomic E-state index is 0.0474. The van der Waals surface area contributed by atoms with Gasteiger partial charge in [-0.05, 0) is 51.0 Å². The summed E-state index contributed by atoms with van der Waals surface area (Å²) in [6.07, 6.45) is 0. The van der Waals surface area contributed by atoms with Gasteiger partial charge in [0, 0.05) is 5.69 Å². The van der Waals surface area contributed by atoms with Crippen LogP contribution in [0, 0.1) is 13.8 Å². The number of ether oxygens (including phenoxy) is 1. The van der Waals surface area contributed by atoms with Gasteiger partial charge < -0.3 is 14.6 Å². The average molecular weight is 412 g/mol. The number of thioether (sulfide) groups is 1. The van der Waals surface area contributed by atoms with Gasteiger partial charge >= 0.3 is 0 Å². The van der Waals surface area contributed by atoms with Gasteiger partial charge in [-0.1, -0.05) is 35.5 Å². The van der Waals surface area contributed by atoms with E-state index >= 15 is 0 Å². The molecule has 3 aromatic rings. The molecule has 7 heteroatoms. The third kappa shape index (κ3) is 5.17. The molecule has 0 spiro atoms. The van der Waals surface area contributed by atoms with Crippen molar-refractivity contribution in [3.8, 4) is 17.1 Å². The zero-order valence-electron chi connectivity index (χ0n) is 17.1. The smallest absolute Gasteiger partial charge is 0.237 e. The Morgan fingerprint density at radius 3 is 2.62 bits per heavy atom. The normalized spacial score (nSPS) is 11.9. The van der Waals surface area contributed by atoms with Crippen LogP contribution in [0.5, 0.6) is 5.75 Å².